The number of hydrogen-bond donors (Lipinski definition) is 2. The summed E-state index contributed by atoms with van der Waals surface area (Å²) in [6, 6.07) is 6.98. The first-order valence-corrected chi connectivity index (χ1v) is 6.12. The quantitative estimate of drug-likeness (QED) is 0.853. The summed E-state index contributed by atoms with van der Waals surface area (Å²) in [5.74, 6) is -0.264. The van der Waals surface area contributed by atoms with Gasteiger partial charge in [-0.15, -0.1) is 0 Å². The summed E-state index contributed by atoms with van der Waals surface area (Å²) in [5, 5.41) is 13.4. The zero-order valence-corrected chi connectivity index (χ0v) is 10.4. The molecule has 0 aliphatic heterocycles. The van der Waals surface area contributed by atoms with Crippen LogP contribution in [0.4, 0.5) is 4.39 Å². The molecule has 3 nitrogen and oxygen atoms in total. The van der Waals surface area contributed by atoms with Crippen molar-refractivity contribution in [2.24, 2.45) is 0 Å². The SMILES string of the molecule is CC[C@@H](O)CNCc1cc2cccnc2cc1F. The van der Waals surface area contributed by atoms with E-state index in [0.29, 0.717) is 30.6 Å². The number of hydrogen-bond acceptors (Lipinski definition) is 3. The van der Waals surface area contributed by atoms with Gasteiger partial charge in [-0.3, -0.25) is 4.98 Å². The maximum atomic E-state index is 13.8. The predicted molar refractivity (Wildman–Crippen MR) is 69.7 cm³/mol. The number of benzene rings is 1. The van der Waals surface area contributed by atoms with Crippen LogP contribution in [0.15, 0.2) is 30.5 Å². The largest absolute Gasteiger partial charge is 0.392 e. The lowest BCUT2D eigenvalue weighted by molar-refractivity contribution is 0.167. The highest BCUT2D eigenvalue weighted by molar-refractivity contribution is 5.79. The highest BCUT2D eigenvalue weighted by atomic mass is 19.1. The molecule has 0 aliphatic rings. The Labute approximate surface area is 106 Å². The average molecular weight is 248 g/mol. The minimum absolute atomic E-state index is 0.264. The lowest BCUT2D eigenvalue weighted by atomic mass is 10.1. The van der Waals surface area contributed by atoms with Gasteiger partial charge in [-0.05, 0) is 18.6 Å². The molecule has 0 saturated carbocycles. The molecule has 0 unspecified atom stereocenters. The van der Waals surface area contributed by atoms with Gasteiger partial charge in [0.15, 0.2) is 0 Å². The van der Waals surface area contributed by atoms with Gasteiger partial charge in [0.1, 0.15) is 5.82 Å². The Morgan fingerprint density at radius 1 is 1.44 bits per heavy atom. The van der Waals surface area contributed by atoms with Gasteiger partial charge >= 0.3 is 0 Å². The van der Waals surface area contributed by atoms with Crippen molar-refractivity contribution in [2.75, 3.05) is 6.54 Å². The third-order valence-corrected chi connectivity index (χ3v) is 2.94. The van der Waals surface area contributed by atoms with Crippen LogP contribution in [-0.4, -0.2) is 22.7 Å². The third kappa shape index (κ3) is 3.03. The van der Waals surface area contributed by atoms with Crippen molar-refractivity contribution >= 4 is 10.9 Å². The molecule has 18 heavy (non-hydrogen) atoms. The molecule has 2 aromatic rings. The summed E-state index contributed by atoms with van der Waals surface area (Å²) in [5.41, 5.74) is 1.26. The standard InChI is InChI=1S/C14H17FN2O/c1-2-12(18)9-16-8-11-6-10-4-3-5-17-14(10)7-13(11)15/h3-7,12,16,18H,2,8-9H2,1H3/t12-/m1/s1. The van der Waals surface area contributed by atoms with Crippen molar-refractivity contribution in [2.45, 2.75) is 26.0 Å². The molecule has 0 saturated heterocycles. The summed E-state index contributed by atoms with van der Waals surface area (Å²) >= 11 is 0. The van der Waals surface area contributed by atoms with Crippen molar-refractivity contribution in [1.82, 2.24) is 10.3 Å². The number of aromatic nitrogens is 1. The zero-order chi connectivity index (χ0) is 13.0. The second-order valence-electron chi connectivity index (χ2n) is 4.33. The van der Waals surface area contributed by atoms with Crippen LogP contribution in [0.25, 0.3) is 10.9 Å². The fraction of sp³-hybridized carbons (Fsp3) is 0.357. The number of aliphatic hydroxyl groups excluding tert-OH is 1. The lowest BCUT2D eigenvalue weighted by Gasteiger charge is -2.10. The fourth-order valence-electron chi connectivity index (χ4n) is 1.80. The molecule has 0 aliphatic carbocycles. The number of nitrogens with zero attached hydrogens (tertiary/aromatic N) is 1. The van der Waals surface area contributed by atoms with Crippen molar-refractivity contribution in [1.29, 1.82) is 0 Å². The van der Waals surface area contributed by atoms with Gasteiger partial charge in [0.2, 0.25) is 0 Å². The predicted octanol–water partition coefficient (Wildman–Crippen LogP) is 2.23. The minimum Gasteiger partial charge on any atom is -0.392 e. The Balaban J connectivity index is 2.10. The van der Waals surface area contributed by atoms with E-state index in [9.17, 15) is 9.50 Å². The number of fused-ring (bicyclic) bond motifs is 1. The minimum atomic E-state index is -0.379. The van der Waals surface area contributed by atoms with Crippen LogP contribution in [-0.2, 0) is 6.54 Å². The van der Waals surface area contributed by atoms with Gasteiger partial charge in [0, 0.05) is 36.3 Å². The Morgan fingerprint density at radius 2 is 2.28 bits per heavy atom. The molecule has 1 aromatic heterocycles. The normalized spacial score (nSPS) is 12.8. The van der Waals surface area contributed by atoms with E-state index in [1.807, 2.05) is 19.1 Å². The lowest BCUT2D eigenvalue weighted by Crippen LogP contribution is -2.26. The number of halogens is 1. The van der Waals surface area contributed by atoms with Crippen LogP contribution < -0.4 is 5.32 Å². The first-order valence-electron chi connectivity index (χ1n) is 6.12. The van der Waals surface area contributed by atoms with Crippen molar-refractivity contribution in [3.05, 3.63) is 41.8 Å². The Hall–Kier alpha value is -1.52. The van der Waals surface area contributed by atoms with Gasteiger partial charge in [-0.25, -0.2) is 4.39 Å². The van der Waals surface area contributed by atoms with Gasteiger partial charge in [0.25, 0.3) is 0 Å². The molecule has 0 bridgehead atoms. The highest BCUT2D eigenvalue weighted by Gasteiger charge is 2.06. The van der Waals surface area contributed by atoms with E-state index in [1.165, 1.54) is 6.07 Å². The second kappa shape index (κ2) is 5.89. The second-order valence-corrected chi connectivity index (χ2v) is 4.33. The molecule has 0 fully saturated rings. The van der Waals surface area contributed by atoms with Gasteiger partial charge in [-0.1, -0.05) is 13.0 Å². The Morgan fingerprint density at radius 3 is 3.06 bits per heavy atom. The molecule has 0 amide bonds. The summed E-state index contributed by atoms with van der Waals surface area (Å²) in [4.78, 5) is 4.10. The van der Waals surface area contributed by atoms with E-state index in [2.05, 4.69) is 10.3 Å². The summed E-state index contributed by atoms with van der Waals surface area (Å²) in [6.07, 6.45) is 1.96. The van der Waals surface area contributed by atoms with E-state index < -0.39 is 0 Å². The van der Waals surface area contributed by atoms with Gasteiger partial charge in [-0.2, -0.15) is 0 Å². The average Bonchev–Trinajstić information content (AvgIpc) is 2.39. The van der Waals surface area contributed by atoms with Crippen LogP contribution in [0.3, 0.4) is 0 Å². The van der Waals surface area contributed by atoms with E-state index >= 15 is 0 Å². The highest BCUT2D eigenvalue weighted by Crippen LogP contribution is 2.17. The zero-order valence-electron chi connectivity index (χ0n) is 10.4. The first kappa shape index (κ1) is 12.9. The van der Waals surface area contributed by atoms with Crippen LogP contribution in [0.5, 0.6) is 0 Å². The fourth-order valence-corrected chi connectivity index (χ4v) is 1.80. The van der Waals surface area contributed by atoms with Gasteiger partial charge < -0.3 is 10.4 Å². The smallest absolute Gasteiger partial charge is 0.129 e. The molecule has 1 aromatic carbocycles. The summed E-state index contributed by atoms with van der Waals surface area (Å²) in [6.45, 7) is 2.80. The molecular formula is C14H17FN2O. The summed E-state index contributed by atoms with van der Waals surface area (Å²) in [7, 11) is 0. The number of nitrogens with one attached hydrogen (secondary N) is 1. The van der Waals surface area contributed by atoms with Crippen LogP contribution >= 0.6 is 0 Å². The van der Waals surface area contributed by atoms with Crippen LogP contribution in [0, 0.1) is 5.82 Å². The third-order valence-electron chi connectivity index (χ3n) is 2.94. The molecule has 0 radical (unpaired) electrons. The first-order chi connectivity index (χ1) is 8.70. The van der Waals surface area contributed by atoms with E-state index in [4.69, 9.17) is 0 Å². The molecular weight excluding hydrogens is 231 g/mol. The van der Waals surface area contributed by atoms with Crippen LogP contribution in [0.1, 0.15) is 18.9 Å². The van der Waals surface area contributed by atoms with Crippen molar-refractivity contribution in [3.63, 3.8) is 0 Å². The maximum Gasteiger partial charge on any atom is 0.129 e. The monoisotopic (exact) mass is 248 g/mol. The van der Waals surface area contributed by atoms with Crippen molar-refractivity contribution in [3.8, 4) is 0 Å². The molecule has 1 heterocycles. The van der Waals surface area contributed by atoms with Crippen molar-refractivity contribution < 1.29 is 9.50 Å². The molecule has 2 N–H and O–H groups in total. The van der Waals surface area contributed by atoms with Gasteiger partial charge in [0.05, 0.1) is 11.6 Å². The molecule has 2 rings (SSSR count). The summed E-state index contributed by atoms with van der Waals surface area (Å²) < 4.78 is 13.8. The molecule has 4 heteroatoms. The molecule has 1 atom stereocenters. The maximum absolute atomic E-state index is 13.8. The van der Waals surface area contributed by atoms with E-state index in [1.54, 1.807) is 12.3 Å². The number of pyridine rings is 1. The van der Waals surface area contributed by atoms with E-state index in [0.717, 1.165) is 5.39 Å². The number of aliphatic hydroxyl groups is 1. The topological polar surface area (TPSA) is 45.1 Å². The Bertz CT molecular complexity index is 530. The van der Waals surface area contributed by atoms with Crippen LogP contribution in [0.2, 0.25) is 0 Å². The molecule has 96 valence electrons. The van der Waals surface area contributed by atoms with E-state index in [-0.39, 0.29) is 11.9 Å². The number of rotatable bonds is 5. The molecule has 0 spiro atoms. The Kier molecular flexibility index (Phi) is 4.23.